The first-order valence-corrected chi connectivity index (χ1v) is 8.46. The maximum atomic E-state index is 12.0. The van der Waals surface area contributed by atoms with Crippen LogP contribution in [0, 0.1) is 6.92 Å². The van der Waals surface area contributed by atoms with Gasteiger partial charge in [-0.25, -0.2) is 4.98 Å². The highest BCUT2D eigenvalue weighted by Crippen LogP contribution is 2.23. The number of amides is 1. The number of halogens is 1. The quantitative estimate of drug-likeness (QED) is 0.674. The van der Waals surface area contributed by atoms with Crippen LogP contribution in [0.4, 0.5) is 5.69 Å². The predicted molar refractivity (Wildman–Crippen MR) is 97.8 cm³/mol. The third-order valence-corrected chi connectivity index (χ3v) is 4.08. The molecule has 4 nitrogen and oxygen atoms in total. The van der Waals surface area contributed by atoms with E-state index in [4.69, 9.17) is 4.42 Å². The van der Waals surface area contributed by atoms with Gasteiger partial charge in [-0.3, -0.25) is 4.79 Å². The number of anilines is 1. The molecule has 0 atom stereocenters. The Labute approximate surface area is 149 Å². The lowest BCUT2D eigenvalue weighted by Crippen LogP contribution is -2.12. The zero-order valence-corrected chi connectivity index (χ0v) is 14.8. The molecule has 24 heavy (non-hydrogen) atoms. The fourth-order valence-corrected chi connectivity index (χ4v) is 2.60. The lowest BCUT2D eigenvalue weighted by atomic mass is 10.2. The van der Waals surface area contributed by atoms with Gasteiger partial charge in [-0.05, 0) is 36.8 Å². The van der Waals surface area contributed by atoms with Gasteiger partial charge in [0.05, 0.1) is 6.20 Å². The number of nitrogens with zero attached hydrogens (tertiary/aromatic N) is 1. The van der Waals surface area contributed by atoms with E-state index in [9.17, 15) is 4.79 Å². The van der Waals surface area contributed by atoms with E-state index in [0.717, 1.165) is 21.3 Å². The maximum absolute atomic E-state index is 12.0. The predicted octanol–water partition coefficient (Wildman–Crippen LogP) is 4.98. The van der Waals surface area contributed by atoms with E-state index in [1.807, 2.05) is 55.5 Å². The molecule has 0 bridgehead atoms. The van der Waals surface area contributed by atoms with E-state index < -0.39 is 0 Å². The molecule has 2 aromatic carbocycles. The standard InChI is InChI=1S/C19H17BrN2O2/c1-13-3-2-4-16(11-13)22-18(23)9-10-19-21-12-17(24-19)14-5-7-15(20)8-6-14/h2-8,11-12H,9-10H2,1H3,(H,22,23). The minimum atomic E-state index is -0.0519. The highest BCUT2D eigenvalue weighted by atomic mass is 79.9. The lowest BCUT2D eigenvalue weighted by molar-refractivity contribution is -0.116. The Hall–Kier alpha value is -2.40. The molecule has 0 unspecified atom stereocenters. The van der Waals surface area contributed by atoms with E-state index in [-0.39, 0.29) is 5.91 Å². The molecule has 1 heterocycles. The molecular formula is C19H17BrN2O2. The van der Waals surface area contributed by atoms with Crippen LogP contribution < -0.4 is 5.32 Å². The average Bonchev–Trinajstić information content (AvgIpc) is 3.03. The summed E-state index contributed by atoms with van der Waals surface area (Å²) in [7, 11) is 0. The van der Waals surface area contributed by atoms with Crippen LogP contribution in [0.25, 0.3) is 11.3 Å². The Morgan fingerprint density at radius 1 is 1.21 bits per heavy atom. The van der Waals surface area contributed by atoms with Crippen LogP contribution >= 0.6 is 15.9 Å². The van der Waals surface area contributed by atoms with Gasteiger partial charge in [0.2, 0.25) is 5.91 Å². The van der Waals surface area contributed by atoms with Crippen molar-refractivity contribution >= 4 is 27.5 Å². The normalized spacial score (nSPS) is 10.6. The number of hydrogen-bond acceptors (Lipinski definition) is 3. The molecule has 122 valence electrons. The van der Waals surface area contributed by atoms with E-state index in [1.165, 1.54) is 0 Å². The number of aryl methyl sites for hydroxylation is 2. The molecule has 0 saturated heterocycles. The summed E-state index contributed by atoms with van der Waals surface area (Å²) < 4.78 is 6.74. The summed E-state index contributed by atoms with van der Waals surface area (Å²) in [5.41, 5.74) is 2.88. The number of aromatic nitrogens is 1. The summed E-state index contributed by atoms with van der Waals surface area (Å²) in [6.45, 7) is 1.99. The first kappa shape index (κ1) is 16.5. The van der Waals surface area contributed by atoms with Crippen molar-refractivity contribution in [2.45, 2.75) is 19.8 Å². The summed E-state index contributed by atoms with van der Waals surface area (Å²) in [6, 6.07) is 15.5. The molecule has 0 saturated carbocycles. The monoisotopic (exact) mass is 384 g/mol. The van der Waals surface area contributed by atoms with E-state index in [0.29, 0.717) is 24.5 Å². The van der Waals surface area contributed by atoms with E-state index >= 15 is 0 Å². The summed E-state index contributed by atoms with van der Waals surface area (Å²) >= 11 is 3.40. The van der Waals surface area contributed by atoms with Crippen molar-refractivity contribution < 1.29 is 9.21 Å². The molecule has 0 aliphatic rings. The lowest BCUT2D eigenvalue weighted by Gasteiger charge is -2.04. The molecule has 0 fully saturated rings. The fourth-order valence-electron chi connectivity index (χ4n) is 2.34. The molecule has 0 aliphatic carbocycles. The Balaban J connectivity index is 1.57. The van der Waals surface area contributed by atoms with Gasteiger partial charge in [0.1, 0.15) is 0 Å². The Morgan fingerprint density at radius 3 is 2.75 bits per heavy atom. The molecule has 1 amide bonds. The van der Waals surface area contributed by atoms with Crippen molar-refractivity contribution in [3.63, 3.8) is 0 Å². The fraction of sp³-hybridized carbons (Fsp3) is 0.158. The smallest absolute Gasteiger partial charge is 0.224 e. The molecule has 1 aromatic heterocycles. The zero-order valence-electron chi connectivity index (χ0n) is 13.3. The van der Waals surface area contributed by atoms with Gasteiger partial charge in [-0.15, -0.1) is 0 Å². The largest absolute Gasteiger partial charge is 0.441 e. The summed E-state index contributed by atoms with van der Waals surface area (Å²) in [5, 5.41) is 2.88. The van der Waals surface area contributed by atoms with Crippen molar-refractivity contribution in [2.75, 3.05) is 5.32 Å². The van der Waals surface area contributed by atoms with Gasteiger partial charge in [0, 0.05) is 28.6 Å². The van der Waals surface area contributed by atoms with Crippen LogP contribution in [-0.4, -0.2) is 10.9 Å². The number of carbonyl (C=O) groups excluding carboxylic acids is 1. The van der Waals surface area contributed by atoms with Gasteiger partial charge in [0.25, 0.3) is 0 Å². The highest BCUT2D eigenvalue weighted by Gasteiger charge is 2.09. The van der Waals surface area contributed by atoms with Gasteiger partial charge in [-0.1, -0.05) is 40.2 Å². The third-order valence-electron chi connectivity index (χ3n) is 3.55. The SMILES string of the molecule is Cc1cccc(NC(=O)CCc2ncc(-c3ccc(Br)cc3)o2)c1. The zero-order chi connectivity index (χ0) is 16.9. The molecule has 0 aliphatic heterocycles. The van der Waals surface area contributed by atoms with Crippen LogP contribution in [-0.2, 0) is 11.2 Å². The molecule has 0 radical (unpaired) electrons. The van der Waals surface area contributed by atoms with E-state index in [1.54, 1.807) is 6.20 Å². The highest BCUT2D eigenvalue weighted by molar-refractivity contribution is 9.10. The van der Waals surface area contributed by atoms with Crippen LogP contribution in [0.1, 0.15) is 17.9 Å². The molecule has 0 spiro atoms. The number of rotatable bonds is 5. The van der Waals surface area contributed by atoms with Gasteiger partial charge < -0.3 is 9.73 Å². The topological polar surface area (TPSA) is 55.1 Å². The Bertz CT molecular complexity index is 841. The molecular weight excluding hydrogens is 368 g/mol. The number of hydrogen-bond donors (Lipinski definition) is 1. The minimum absolute atomic E-state index is 0.0519. The van der Waals surface area contributed by atoms with Crippen molar-refractivity contribution in [1.29, 1.82) is 0 Å². The second kappa shape index (κ2) is 7.45. The van der Waals surface area contributed by atoms with Gasteiger partial charge >= 0.3 is 0 Å². The van der Waals surface area contributed by atoms with Crippen LogP contribution in [0.3, 0.4) is 0 Å². The number of nitrogens with one attached hydrogen (secondary N) is 1. The second-order valence-electron chi connectivity index (χ2n) is 5.54. The molecule has 5 heteroatoms. The molecule has 3 aromatic rings. The van der Waals surface area contributed by atoms with Crippen molar-refractivity contribution in [1.82, 2.24) is 4.98 Å². The van der Waals surface area contributed by atoms with Crippen LogP contribution in [0.15, 0.2) is 63.6 Å². The second-order valence-corrected chi connectivity index (χ2v) is 6.46. The number of benzene rings is 2. The first-order valence-electron chi connectivity index (χ1n) is 7.67. The first-order chi connectivity index (χ1) is 11.6. The summed E-state index contributed by atoms with van der Waals surface area (Å²) in [4.78, 5) is 16.3. The minimum Gasteiger partial charge on any atom is -0.441 e. The number of oxazole rings is 1. The van der Waals surface area contributed by atoms with Crippen LogP contribution in [0.2, 0.25) is 0 Å². The van der Waals surface area contributed by atoms with Gasteiger partial charge in [0.15, 0.2) is 11.7 Å². The number of carbonyl (C=O) groups is 1. The van der Waals surface area contributed by atoms with Crippen molar-refractivity contribution in [2.24, 2.45) is 0 Å². The van der Waals surface area contributed by atoms with Crippen molar-refractivity contribution in [3.05, 3.63) is 70.7 Å². The molecule has 3 rings (SSSR count). The Kier molecular flexibility index (Phi) is 5.11. The van der Waals surface area contributed by atoms with Crippen LogP contribution in [0.5, 0.6) is 0 Å². The van der Waals surface area contributed by atoms with Crippen molar-refractivity contribution in [3.8, 4) is 11.3 Å². The maximum Gasteiger partial charge on any atom is 0.224 e. The third kappa shape index (κ3) is 4.32. The average molecular weight is 385 g/mol. The molecule has 1 N–H and O–H groups in total. The summed E-state index contributed by atoms with van der Waals surface area (Å²) in [5.74, 6) is 1.22. The van der Waals surface area contributed by atoms with E-state index in [2.05, 4.69) is 26.2 Å². The summed E-state index contributed by atoms with van der Waals surface area (Å²) in [6.07, 6.45) is 2.49. The Morgan fingerprint density at radius 2 is 2.00 bits per heavy atom. The van der Waals surface area contributed by atoms with Gasteiger partial charge in [-0.2, -0.15) is 0 Å².